The van der Waals surface area contributed by atoms with Crippen LogP contribution in [-0.4, -0.2) is 46.4 Å². The molecular weight excluding hydrogens is 268 g/mol. The number of hydrogen-bond donors (Lipinski definition) is 1. The molecule has 1 atom stereocenters. The zero-order valence-electron chi connectivity index (χ0n) is 14.0. The van der Waals surface area contributed by atoms with Crippen LogP contribution in [0, 0.1) is 5.92 Å². The summed E-state index contributed by atoms with van der Waals surface area (Å²) in [6.45, 7) is 5.81. The zero-order valence-corrected chi connectivity index (χ0v) is 14.0. The van der Waals surface area contributed by atoms with Gasteiger partial charge in [-0.05, 0) is 13.0 Å². The predicted molar refractivity (Wildman–Crippen MR) is 85.4 cm³/mol. The fraction of sp³-hybridized carbons (Fsp3) is 0.625. The lowest BCUT2D eigenvalue weighted by molar-refractivity contribution is 0.214. The predicted octanol–water partition coefficient (Wildman–Crippen LogP) is 2.30. The van der Waals surface area contributed by atoms with Crippen LogP contribution < -0.4 is 19.9 Å². The summed E-state index contributed by atoms with van der Waals surface area (Å²) >= 11 is 0. The molecule has 2 N–H and O–H groups in total. The lowest BCUT2D eigenvalue weighted by atomic mass is 10.0. The van der Waals surface area contributed by atoms with E-state index in [1.165, 1.54) is 0 Å². The van der Waals surface area contributed by atoms with Gasteiger partial charge in [0.1, 0.15) is 17.2 Å². The maximum Gasteiger partial charge on any atom is 0.131 e. The van der Waals surface area contributed by atoms with Gasteiger partial charge < -0.3 is 19.9 Å². The summed E-state index contributed by atoms with van der Waals surface area (Å²) in [5, 5.41) is 0. The van der Waals surface area contributed by atoms with Gasteiger partial charge in [-0.2, -0.15) is 0 Å². The average Bonchev–Trinajstić information content (AvgIpc) is 2.46. The van der Waals surface area contributed by atoms with Gasteiger partial charge in [-0.15, -0.1) is 0 Å². The van der Waals surface area contributed by atoms with Crippen LogP contribution >= 0.6 is 0 Å². The van der Waals surface area contributed by atoms with Crippen LogP contribution in [0.25, 0.3) is 0 Å². The topological polar surface area (TPSA) is 57.0 Å². The van der Waals surface area contributed by atoms with E-state index in [0.29, 0.717) is 18.2 Å². The van der Waals surface area contributed by atoms with Crippen LogP contribution in [0.4, 0.5) is 0 Å². The van der Waals surface area contributed by atoms with Crippen molar-refractivity contribution in [1.29, 1.82) is 0 Å². The van der Waals surface area contributed by atoms with Gasteiger partial charge in [0.05, 0.1) is 32.9 Å². The molecule has 0 saturated carbocycles. The first-order valence-corrected chi connectivity index (χ1v) is 7.18. The molecule has 1 unspecified atom stereocenters. The second-order valence-electron chi connectivity index (χ2n) is 5.53. The van der Waals surface area contributed by atoms with Crippen LogP contribution in [-0.2, 0) is 0 Å². The van der Waals surface area contributed by atoms with Gasteiger partial charge in [0.25, 0.3) is 0 Å². The molecule has 5 heteroatoms. The summed E-state index contributed by atoms with van der Waals surface area (Å²) in [5.41, 5.74) is 6.98. The summed E-state index contributed by atoms with van der Waals surface area (Å²) < 4.78 is 16.3. The number of likely N-dealkylation sites (N-methyl/N-ethyl adjacent to an activating group) is 1. The number of ether oxygens (including phenoxy) is 3. The minimum Gasteiger partial charge on any atom is -0.496 e. The summed E-state index contributed by atoms with van der Waals surface area (Å²) in [6, 6.07) is 3.76. The molecule has 5 nitrogen and oxygen atoms in total. The van der Waals surface area contributed by atoms with Crippen molar-refractivity contribution >= 4 is 0 Å². The minimum absolute atomic E-state index is 0.0307. The highest BCUT2D eigenvalue weighted by atomic mass is 16.5. The smallest absolute Gasteiger partial charge is 0.131 e. The Bertz CT molecular complexity index is 424. The molecule has 0 heterocycles. The number of benzene rings is 1. The Kier molecular flexibility index (Phi) is 6.78. The van der Waals surface area contributed by atoms with E-state index in [1.54, 1.807) is 21.3 Å². The molecule has 0 aliphatic heterocycles. The highest BCUT2D eigenvalue weighted by Gasteiger charge is 2.25. The van der Waals surface area contributed by atoms with E-state index in [2.05, 4.69) is 25.8 Å². The lowest BCUT2D eigenvalue weighted by Gasteiger charge is -2.31. The maximum atomic E-state index is 6.02. The van der Waals surface area contributed by atoms with Crippen LogP contribution in [0.15, 0.2) is 12.1 Å². The van der Waals surface area contributed by atoms with E-state index in [9.17, 15) is 0 Å². The second kappa shape index (κ2) is 8.10. The van der Waals surface area contributed by atoms with Gasteiger partial charge in [0, 0.05) is 25.2 Å². The molecule has 1 aromatic carbocycles. The molecule has 0 amide bonds. The summed E-state index contributed by atoms with van der Waals surface area (Å²) in [5.74, 6) is 2.73. The normalized spacial score (nSPS) is 12.6. The van der Waals surface area contributed by atoms with Gasteiger partial charge in [0.15, 0.2) is 0 Å². The van der Waals surface area contributed by atoms with Gasteiger partial charge >= 0.3 is 0 Å². The Morgan fingerprint density at radius 2 is 1.57 bits per heavy atom. The molecule has 0 bridgehead atoms. The summed E-state index contributed by atoms with van der Waals surface area (Å²) in [6.07, 6.45) is 0. The first-order chi connectivity index (χ1) is 9.98. The van der Waals surface area contributed by atoms with Crippen LogP contribution in [0.5, 0.6) is 17.2 Å². The molecule has 0 saturated heterocycles. The van der Waals surface area contributed by atoms with Gasteiger partial charge in [-0.3, -0.25) is 4.90 Å². The van der Waals surface area contributed by atoms with Crippen molar-refractivity contribution in [3.63, 3.8) is 0 Å². The molecule has 0 fully saturated rings. The summed E-state index contributed by atoms with van der Waals surface area (Å²) in [4.78, 5) is 2.23. The van der Waals surface area contributed by atoms with Crippen LogP contribution in [0.1, 0.15) is 25.5 Å². The molecule has 0 aliphatic carbocycles. The van der Waals surface area contributed by atoms with Gasteiger partial charge in [-0.25, -0.2) is 0 Å². The van der Waals surface area contributed by atoms with Crippen molar-refractivity contribution in [2.24, 2.45) is 11.7 Å². The van der Waals surface area contributed by atoms with E-state index in [1.807, 2.05) is 12.1 Å². The highest BCUT2D eigenvalue weighted by Crippen LogP contribution is 2.39. The Morgan fingerprint density at radius 3 is 1.90 bits per heavy atom. The molecule has 0 aliphatic rings. The third-order valence-corrected chi connectivity index (χ3v) is 3.49. The fourth-order valence-electron chi connectivity index (χ4n) is 2.58. The lowest BCUT2D eigenvalue weighted by Crippen LogP contribution is -2.33. The first kappa shape index (κ1) is 17.6. The maximum absolute atomic E-state index is 6.02. The summed E-state index contributed by atoms with van der Waals surface area (Å²) in [7, 11) is 6.99. The van der Waals surface area contributed by atoms with Crippen LogP contribution in [0.2, 0.25) is 0 Å². The van der Waals surface area contributed by atoms with Crippen LogP contribution in [0.3, 0.4) is 0 Å². The Labute approximate surface area is 128 Å². The average molecular weight is 296 g/mol. The van der Waals surface area contributed by atoms with Crippen molar-refractivity contribution < 1.29 is 14.2 Å². The van der Waals surface area contributed by atoms with Crippen molar-refractivity contribution in [2.45, 2.75) is 19.9 Å². The Balaban J connectivity index is 3.29. The van der Waals surface area contributed by atoms with E-state index in [0.717, 1.165) is 23.6 Å². The molecule has 1 rings (SSSR count). The van der Waals surface area contributed by atoms with E-state index < -0.39 is 0 Å². The van der Waals surface area contributed by atoms with Crippen molar-refractivity contribution in [3.8, 4) is 17.2 Å². The largest absolute Gasteiger partial charge is 0.496 e. The van der Waals surface area contributed by atoms with Crippen molar-refractivity contribution in [2.75, 3.05) is 41.5 Å². The fourth-order valence-corrected chi connectivity index (χ4v) is 2.58. The molecule has 0 aromatic heterocycles. The van der Waals surface area contributed by atoms with Crippen molar-refractivity contribution in [3.05, 3.63) is 17.7 Å². The minimum atomic E-state index is 0.0307. The number of nitrogens with zero attached hydrogens (tertiary/aromatic N) is 1. The number of methoxy groups -OCH3 is 3. The van der Waals surface area contributed by atoms with E-state index in [4.69, 9.17) is 19.9 Å². The number of rotatable bonds is 8. The number of nitrogens with two attached hydrogens (primary N) is 1. The Morgan fingerprint density at radius 1 is 1.05 bits per heavy atom. The van der Waals surface area contributed by atoms with E-state index in [-0.39, 0.29) is 6.04 Å². The van der Waals surface area contributed by atoms with Crippen molar-refractivity contribution in [1.82, 2.24) is 4.90 Å². The third-order valence-electron chi connectivity index (χ3n) is 3.49. The molecule has 21 heavy (non-hydrogen) atoms. The molecule has 120 valence electrons. The quantitative estimate of drug-likeness (QED) is 0.797. The Hall–Kier alpha value is -1.46. The van der Waals surface area contributed by atoms with E-state index >= 15 is 0 Å². The zero-order chi connectivity index (χ0) is 16.0. The third kappa shape index (κ3) is 4.25. The SMILES string of the molecule is COc1cc(OC)c(C(CN)N(C)CC(C)C)c(OC)c1. The molecule has 0 radical (unpaired) electrons. The van der Waals surface area contributed by atoms with Gasteiger partial charge in [-0.1, -0.05) is 13.8 Å². The highest BCUT2D eigenvalue weighted by molar-refractivity contribution is 5.52. The molecule has 0 spiro atoms. The molecule has 1 aromatic rings. The first-order valence-electron chi connectivity index (χ1n) is 7.18. The number of hydrogen-bond acceptors (Lipinski definition) is 5. The van der Waals surface area contributed by atoms with Gasteiger partial charge in [0.2, 0.25) is 0 Å². The molecular formula is C16H28N2O3. The second-order valence-corrected chi connectivity index (χ2v) is 5.53. The monoisotopic (exact) mass is 296 g/mol. The standard InChI is InChI=1S/C16H28N2O3/c1-11(2)10-18(3)13(9-17)16-14(20-5)7-12(19-4)8-15(16)21-6/h7-8,11,13H,9-10,17H2,1-6H3.